The Bertz CT molecular complexity index is 1220. The molecule has 160 valence electrons. The van der Waals surface area contributed by atoms with E-state index in [2.05, 4.69) is 40.3 Å². The van der Waals surface area contributed by atoms with E-state index in [-0.39, 0.29) is 11.5 Å². The highest BCUT2D eigenvalue weighted by Crippen LogP contribution is 2.46. The molecule has 1 aromatic carbocycles. The molecule has 7 nitrogen and oxygen atoms in total. The summed E-state index contributed by atoms with van der Waals surface area (Å²) in [7, 11) is 4.20. The summed E-state index contributed by atoms with van der Waals surface area (Å²) in [4.78, 5) is 34.5. The number of likely N-dealkylation sites (N-methyl/N-ethyl adjacent to an activating group) is 1. The number of fused-ring (bicyclic) bond motifs is 1. The van der Waals surface area contributed by atoms with Crippen LogP contribution in [0.3, 0.4) is 0 Å². The Morgan fingerprint density at radius 2 is 1.97 bits per heavy atom. The van der Waals surface area contributed by atoms with E-state index in [9.17, 15) is 9.59 Å². The maximum Gasteiger partial charge on any atom is 0.257 e. The lowest BCUT2D eigenvalue weighted by molar-refractivity contribution is 0.0930. The highest BCUT2D eigenvalue weighted by molar-refractivity contribution is 5.97. The van der Waals surface area contributed by atoms with Crippen LogP contribution < -0.4 is 15.8 Å². The predicted molar refractivity (Wildman–Crippen MR) is 121 cm³/mol. The van der Waals surface area contributed by atoms with Crippen LogP contribution in [0, 0.1) is 6.92 Å². The van der Waals surface area contributed by atoms with Crippen LogP contribution in [0.25, 0.3) is 5.65 Å². The van der Waals surface area contributed by atoms with Crippen LogP contribution in [0.2, 0.25) is 0 Å². The number of aryl methyl sites for hydroxylation is 1. The summed E-state index contributed by atoms with van der Waals surface area (Å²) >= 11 is 0. The molecule has 2 aliphatic rings. The van der Waals surface area contributed by atoms with Gasteiger partial charge in [0.1, 0.15) is 5.65 Å². The molecule has 3 heterocycles. The number of carbonyl (C=O) groups excluding carboxylic acids is 1. The van der Waals surface area contributed by atoms with Gasteiger partial charge < -0.3 is 15.1 Å². The zero-order chi connectivity index (χ0) is 21.8. The first-order valence-electron chi connectivity index (χ1n) is 10.7. The quantitative estimate of drug-likeness (QED) is 0.689. The molecule has 1 aliphatic heterocycles. The predicted octanol–water partition coefficient (Wildman–Crippen LogP) is 2.17. The number of nitrogens with zero attached hydrogens (tertiary/aromatic N) is 4. The van der Waals surface area contributed by atoms with Crippen LogP contribution in [-0.2, 0) is 5.54 Å². The fourth-order valence-electron chi connectivity index (χ4n) is 4.35. The van der Waals surface area contributed by atoms with Crippen molar-refractivity contribution >= 4 is 17.2 Å². The average molecular weight is 418 g/mol. The molecule has 5 rings (SSSR count). The highest BCUT2D eigenvalue weighted by atomic mass is 16.2. The third-order valence-electron chi connectivity index (χ3n) is 6.66. The first-order chi connectivity index (χ1) is 14.9. The number of hydrogen-bond acceptors (Lipinski definition) is 5. The van der Waals surface area contributed by atoms with Crippen molar-refractivity contribution < 1.29 is 4.79 Å². The molecule has 3 aromatic rings. The smallest absolute Gasteiger partial charge is 0.257 e. The normalized spacial score (nSPS) is 17.6. The van der Waals surface area contributed by atoms with Crippen molar-refractivity contribution in [1.29, 1.82) is 0 Å². The van der Waals surface area contributed by atoms with Crippen molar-refractivity contribution in [3.8, 4) is 0 Å². The molecule has 1 amide bonds. The van der Waals surface area contributed by atoms with E-state index >= 15 is 0 Å². The molecule has 2 fully saturated rings. The van der Waals surface area contributed by atoms with Crippen molar-refractivity contribution in [2.75, 3.05) is 32.1 Å². The van der Waals surface area contributed by atoms with E-state index in [1.165, 1.54) is 12.3 Å². The van der Waals surface area contributed by atoms with Gasteiger partial charge in [-0.3, -0.25) is 14.0 Å². The summed E-state index contributed by atoms with van der Waals surface area (Å²) in [6, 6.07) is 11.9. The molecule has 1 saturated carbocycles. The first-order valence-corrected chi connectivity index (χ1v) is 10.7. The molecule has 0 unspecified atom stereocenters. The highest BCUT2D eigenvalue weighted by Gasteiger charge is 2.47. The van der Waals surface area contributed by atoms with E-state index < -0.39 is 5.54 Å². The van der Waals surface area contributed by atoms with Gasteiger partial charge in [-0.25, -0.2) is 4.98 Å². The van der Waals surface area contributed by atoms with Crippen LogP contribution in [0.5, 0.6) is 0 Å². The summed E-state index contributed by atoms with van der Waals surface area (Å²) in [5, 5.41) is 3.26. The average Bonchev–Trinajstić information content (AvgIpc) is 3.48. The van der Waals surface area contributed by atoms with Crippen LogP contribution in [0.15, 0.2) is 53.6 Å². The summed E-state index contributed by atoms with van der Waals surface area (Å²) in [5.74, 6) is -0.0817. The van der Waals surface area contributed by atoms with E-state index in [0.29, 0.717) is 17.3 Å². The number of benzene rings is 1. The summed E-state index contributed by atoms with van der Waals surface area (Å²) in [6.07, 6.45) is 4.91. The van der Waals surface area contributed by atoms with Crippen molar-refractivity contribution in [3.63, 3.8) is 0 Å². The second kappa shape index (κ2) is 7.20. The molecule has 1 aliphatic carbocycles. The van der Waals surface area contributed by atoms with Crippen LogP contribution in [-0.4, -0.2) is 53.4 Å². The Kier molecular flexibility index (Phi) is 4.59. The molecule has 0 atom stereocenters. The number of rotatable bonds is 5. The lowest BCUT2D eigenvalue weighted by Gasteiger charge is -2.44. The minimum atomic E-state index is -0.473. The third-order valence-corrected chi connectivity index (χ3v) is 6.66. The van der Waals surface area contributed by atoms with Gasteiger partial charge in [0.15, 0.2) is 0 Å². The Balaban J connectivity index is 1.42. The van der Waals surface area contributed by atoms with Gasteiger partial charge in [0.05, 0.1) is 5.54 Å². The van der Waals surface area contributed by atoms with Crippen molar-refractivity contribution in [2.45, 2.75) is 31.3 Å². The second-order valence-electron chi connectivity index (χ2n) is 8.96. The van der Waals surface area contributed by atoms with Gasteiger partial charge in [0.2, 0.25) is 0 Å². The minimum absolute atomic E-state index is 0.0817. The van der Waals surface area contributed by atoms with Crippen LogP contribution in [0.4, 0.5) is 5.69 Å². The van der Waals surface area contributed by atoms with Gasteiger partial charge in [-0.15, -0.1) is 0 Å². The van der Waals surface area contributed by atoms with Gasteiger partial charge in [-0.1, -0.05) is 12.1 Å². The summed E-state index contributed by atoms with van der Waals surface area (Å²) in [6.45, 7) is 3.91. The number of anilines is 1. The number of hydrogen-bond donors (Lipinski definition) is 1. The van der Waals surface area contributed by atoms with Crippen molar-refractivity contribution in [3.05, 3.63) is 75.8 Å². The number of amides is 1. The van der Waals surface area contributed by atoms with Crippen LogP contribution in [0.1, 0.15) is 34.3 Å². The molecule has 1 N–H and O–H groups in total. The summed E-state index contributed by atoms with van der Waals surface area (Å²) in [5.41, 5.74) is 3.64. The third kappa shape index (κ3) is 3.39. The number of nitrogens with one attached hydrogen (secondary N) is 1. The SMILES string of the molecule is Cc1ccc(N2CC(N(C)C)C2)cc1C(=O)NC1(c2cccn3c(=O)ccnc23)CC1. The molecule has 7 heteroatoms. The van der Waals surface area contributed by atoms with Gasteiger partial charge in [0, 0.05) is 54.4 Å². The molecule has 0 bridgehead atoms. The fraction of sp³-hybridized carbons (Fsp3) is 0.375. The first kappa shape index (κ1) is 19.8. The largest absolute Gasteiger partial charge is 0.368 e. The van der Waals surface area contributed by atoms with Gasteiger partial charge in [-0.2, -0.15) is 0 Å². The Hall–Kier alpha value is -3.19. The minimum Gasteiger partial charge on any atom is -0.368 e. The molecule has 0 radical (unpaired) electrons. The second-order valence-corrected chi connectivity index (χ2v) is 8.96. The maximum absolute atomic E-state index is 13.3. The zero-order valence-electron chi connectivity index (χ0n) is 18.1. The Labute approximate surface area is 181 Å². The zero-order valence-corrected chi connectivity index (χ0v) is 18.1. The molecule has 31 heavy (non-hydrogen) atoms. The van der Waals surface area contributed by atoms with E-state index in [0.717, 1.165) is 42.7 Å². The lowest BCUT2D eigenvalue weighted by atomic mass is 10.0. The molecule has 2 aromatic heterocycles. The molecule has 1 saturated heterocycles. The molecule has 0 spiro atoms. The van der Waals surface area contributed by atoms with Crippen molar-refractivity contribution in [2.24, 2.45) is 0 Å². The van der Waals surface area contributed by atoms with Crippen LogP contribution >= 0.6 is 0 Å². The standard InChI is InChI=1S/C24H27N5O2/c1-16-6-7-17(28-14-18(15-28)27(2)3)13-19(16)23(31)26-24(9-10-24)20-5-4-12-29-21(30)8-11-25-22(20)29/h4-8,11-13,18H,9-10,14-15H2,1-3H3,(H,26,31). The lowest BCUT2D eigenvalue weighted by Crippen LogP contribution is -2.57. The van der Waals surface area contributed by atoms with Crippen molar-refractivity contribution in [1.82, 2.24) is 19.6 Å². The number of carbonyl (C=O) groups is 1. The topological polar surface area (TPSA) is 69.9 Å². The van der Waals surface area contributed by atoms with E-state index in [1.807, 2.05) is 31.2 Å². The van der Waals surface area contributed by atoms with Gasteiger partial charge in [0.25, 0.3) is 11.5 Å². The maximum atomic E-state index is 13.3. The Morgan fingerprint density at radius 3 is 2.68 bits per heavy atom. The van der Waals surface area contributed by atoms with Gasteiger partial charge in [-0.05, 0) is 57.6 Å². The van der Waals surface area contributed by atoms with Gasteiger partial charge >= 0.3 is 0 Å². The number of pyridine rings is 1. The molecular formula is C24H27N5O2. The Morgan fingerprint density at radius 1 is 1.19 bits per heavy atom. The fourth-order valence-corrected chi connectivity index (χ4v) is 4.35. The number of aromatic nitrogens is 2. The molecular weight excluding hydrogens is 390 g/mol. The summed E-state index contributed by atoms with van der Waals surface area (Å²) < 4.78 is 1.54. The van der Waals surface area contributed by atoms with E-state index in [1.54, 1.807) is 10.6 Å². The van der Waals surface area contributed by atoms with E-state index in [4.69, 9.17) is 0 Å². The monoisotopic (exact) mass is 417 g/mol.